The van der Waals surface area contributed by atoms with Gasteiger partial charge in [-0.05, 0) is 25.2 Å². The fraction of sp³-hybridized carbons (Fsp3) is 0.800. The maximum Gasteiger partial charge on any atom is 0.0465 e. The molecule has 11 heavy (non-hydrogen) atoms. The summed E-state index contributed by atoms with van der Waals surface area (Å²) in [4.78, 5) is 0. The Morgan fingerprint density at radius 1 is 1.18 bits per heavy atom. The molecule has 0 amide bonds. The molecule has 0 saturated carbocycles. The van der Waals surface area contributed by atoms with E-state index in [0.717, 1.165) is 18.8 Å². The number of allylic oxidation sites excluding steroid dienone is 1. The van der Waals surface area contributed by atoms with E-state index in [9.17, 15) is 0 Å². The maximum atomic E-state index is 8.46. The molecule has 0 aliphatic heterocycles. The highest BCUT2D eigenvalue weighted by molar-refractivity contribution is 4.80. The van der Waals surface area contributed by atoms with Gasteiger partial charge < -0.3 is 5.11 Å². The summed E-state index contributed by atoms with van der Waals surface area (Å²) in [5.74, 6) is 0.821. The molecule has 0 bridgehead atoms. The lowest BCUT2D eigenvalue weighted by Crippen LogP contribution is -1.85. The molecule has 0 radical (unpaired) electrons. The van der Waals surface area contributed by atoms with Crippen molar-refractivity contribution in [3.05, 3.63) is 12.2 Å². The van der Waals surface area contributed by atoms with Crippen molar-refractivity contribution in [2.24, 2.45) is 5.92 Å². The van der Waals surface area contributed by atoms with Gasteiger partial charge in [0.05, 0.1) is 0 Å². The van der Waals surface area contributed by atoms with Crippen LogP contribution in [-0.2, 0) is 0 Å². The Morgan fingerprint density at radius 2 is 1.82 bits per heavy atom. The molecule has 0 spiro atoms. The Balaban J connectivity index is 3.01. The topological polar surface area (TPSA) is 20.2 Å². The number of hydrogen-bond acceptors (Lipinski definition) is 1. The lowest BCUT2D eigenvalue weighted by atomic mass is 10.1. The Bertz CT molecular complexity index is 95.0. The van der Waals surface area contributed by atoms with Crippen LogP contribution in [0.25, 0.3) is 0 Å². The minimum Gasteiger partial charge on any atom is -0.396 e. The first-order chi connectivity index (χ1) is 5.27. The van der Waals surface area contributed by atoms with Gasteiger partial charge in [0.2, 0.25) is 0 Å². The van der Waals surface area contributed by atoms with Crippen molar-refractivity contribution in [3.8, 4) is 0 Å². The van der Waals surface area contributed by atoms with E-state index in [-0.39, 0.29) is 6.61 Å². The van der Waals surface area contributed by atoms with Crippen LogP contribution in [0, 0.1) is 5.92 Å². The predicted molar refractivity (Wildman–Crippen MR) is 49.5 cm³/mol. The average Bonchev–Trinajstić information content (AvgIpc) is 1.96. The second-order valence-electron chi connectivity index (χ2n) is 3.31. The molecule has 0 saturated heterocycles. The Hall–Kier alpha value is -0.300. The van der Waals surface area contributed by atoms with E-state index >= 15 is 0 Å². The van der Waals surface area contributed by atoms with Gasteiger partial charge in [0.15, 0.2) is 0 Å². The number of unbranched alkanes of at least 4 members (excludes halogenated alkanes) is 1. The lowest BCUT2D eigenvalue weighted by Gasteiger charge is -2.00. The van der Waals surface area contributed by atoms with Crippen LogP contribution in [0.4, 0.5) is 0 Å². The van der Waals surface area contributed by atoms with E-state index in [1.807, 2.05) is 0 Å². The maximum absolute atomic E-state index is 8.46. The lowest BCUT2D eigenvalue weighted by molar-refractivity contribution is 0.302. The van der Waals surface area contributed by atoms with E-state index in [1.54, 1.807) is 0 Å². The third kappa shape index (κ3) is 9.70. The summed E-state index contributed by atoms with van der Waals surface area (Å²) >= 11 is 0. The van der Waals surface area contributed by atoms with Gasteiger partial charge in [-0.3, -0.25) is 0 Å². The minimum absolute atomic E-state index is 0.278. The second-order valence-corrected chi connectivity index (χ2v) is 3.31. The summed E-state index contributed by atoms with van der Waals surface area (Å²) in [5, 5.41) is 8.46. The molecule has 0 aromatic rings. The molecule has 0 rings (SSSR count). The van der Waals surface area contributed by atoms with Gasteiger partial charge in [-0.25, -0.2) is 0 Å². The molecule has 0 unspecified atom stereocenters. The van der Waals surface area contributed by atoms with Crippen LogP contribution in [0.15, 0.2) is 12.2 Å². The average molecular weight is 156 g/mol. The molecule has 1 N–H and O–H groups in total. The van der Waals surface area contributed by atoms with E-state index in [1.165, 1.54) is 12.8 Å². The predicted octanol–water partition coefficient (Wildman–Crippen LogP) is 2.75. The van der Waals surface area contributed by atoms with Crippen molar-refractivity contribution in [3.63, 3.8) is 0 Å². The molecule has 0 aromatic heterocycles. The first-order valence-electron chi connectivity index (χ1n) is 4.53. The number of hydrogen-bond donors (Lipinski definition) is 1. The van der Waals surface area contributed by atoms with E-state index in [0.29, 0.717) is 0 Å². The number of rotatable bonds is 6. The zero-order valence-electron chi connectivity index (χ0n) is 7.71. The summed E-state index contributed by atoms with van der Waals surface area (Å²) in [6.07, 6.45) is 8.78. The summed E-state index contributed by atoms with van der Waals surface area (Å²) in [7, 11) is 0. The summed E-state index contributed by atoms with van der Waals surface area (Å²) in [5.41, 5.74) is 0. The van der Waals surface area contributed by atoms with Crippen LogP contribution in [-0.4, -0.2) is 11.7 Å². The van der Waals surface area contributed by atoms with Gasteiger partial charge in [0, 0.05) is 6.61 Å². The van der Waals surface area contributed by atoms with E-state index in [4.69, 9.17) is 5.11 Å². The van der Waals surface area contributed by atoms with Crippen LogP contribution in [0.2, 0.25) is 0 Å². The van der Waals surface area contributed by atoms with Crippen molar-refractivity contribution in [1.29, 1.82) is 0 Å². The fourth-order valence-electron chi connectivity index (χ4n) is 0.954. The van der Waals surface area contributed by atoms with Crippen molar-refractivity contribution >= 4 is 0 Å². The van der Waals surface area contributed by atoms with Crippen molar-refractivity contribution in [2.45, 2.75) is 39.5 Å². The van der Waals surface area contributed by atoms with Crippen molar-refractivity contribution < 1.29 is 5.11 Å². The summed E-state index contributed by atoms with van der Waals surface area (Å²) < 4.78 is 0. The fourth-order valence-corrected chi connectivity index (χ4v) is 0.954. The first kappa shape index (κ1) is 10.7. The molecule has 0 fully saturated rings. The monoisotopic (exact) mass is 156 g/mol. The highest BCUT2D eigenvalue weighted by Gasteiger charge is 1.90. The number of aliphatic hydroxyl groups is 1. The highest BCUT2D eigenvalue weighted by Crippen LogP contribution is 2.06. The molecule has 66 valence electrons. The standard InChI is InChI=1S/C10H20O/c1-10(2)8-6-4-3-5-7-9-11/h3,5,10-11H,4,6-9H2,1-2H3/b5-3-. The smallest absolute Gasteiger partial charge is 0.0465 e. The Morgan fingerprint density at radius 3 is 2.36 bits per heavy atom. The van der Waals surface area contributed by atoms with Crippen LogP contribution < -0.4 is 0 Å². The van der Waals surface area contributed by atoms with Crippen molar-refractivity contribution in [1.82, 2.24) is 0 Å². The second kappa shape index (κ2) is 7.80. The van der Waals surface area contributed by atoms with Gasteiger partial charge in [-0.1, -0.05) is 32.4 Å². The minimum atomic E-state index is 0.278. The van der Waals surface area contributed by atoms with Crippen LogP contribution in [0.3, 0.4) is 0 Å². The van der Waals surface area contributed by atoms with Gasteiger partial charge >= 0.3 is 0 Å². The molecule has 0 atom stereocenters. The molecule has 0 aromatic carbocycles. The van der Waals surface area contributed by atoms with Gasteiger partial charge in [0.25, 0.3) is 0 Å². The zero-order valence-corrected chi connectivity index (χ0v) is 7.71. The molecule has 0 aliphatic rings. The molecular weight excluding hydrogens is 136 g/mol. The first-order valence-corrected chi connectivity index (χ1v) is 4.53. The van der Waals surface area contributed by atoms with Gasteiger partial charge in [-0.15, -0.1) is 0 Å². The third-order valence-electron chi connectivity index (χ3n) is 1.61. The molecular formula is C10H20O. The van der Waals surface area contributed by atoms with Crippen molar-refractivity contribution in [2.75, 3.05) is 6.61 Å². The SMILES string of the molecule is CC(C)CCC/C=C\CCO. The summed E-state index contributed by atoms with van der Waals surface area (Å²) in [6.45, 7) is 4.77. The third-order valence-corrected chi connectivity index (χ3v) is 1.61. The zero-order chi connectivity index (χ0) is 8.53. The molecule has 1 nitrogen and oxygen atoms in total. The normalized spacial score (nSPS) is 11.6. The largest absolute Gasteiger partial charge is 0.396 e. The molecule has 1 heteroatoms. The van der Waals surface area contributed by atoms with Gasteiger partial charge in [0.1, 0.15) is 0 Å². The Labute approximate surface area is 70.1 Å². The van der Waals surface area contributed by atoms with Gasteiger partial charge in [-0.2, -0.15) is 0 Å². The van der Waals surface area contributed by atoms with E-state index < -0.39 is 0 Å². The summed E-state index contributed by atoms with van der Waals surface area (Å²) in [6, 6.07) is 0. The van der Waals surface area contributed by atoms with Crippen LogP contribution in [0.5, 0.6) is 0 Å². The molecule has 0 aliphatic carbocycles. The van der Waals surface area contributed by atoms with Crippen LogP contribution >= 0.6 is 0 Å². The Kier molecular flexibility index (Phi) is 7.59. The number of aliphatic hydroxyl groups excluding tert-OH is 1. The highest BCUT2D eigenvalue weighted by atomic mass is 16.2. The molecule has 0 heterocycles. The van der Waals surface area contributed by atoms with E-state index in [2.05, 4.69) is 26.0 Å². The quantitative estimate of drug-likeness (QED) is 0.463. The van der Waals surface area contributed by atoms with Crippen LogP contribution in [0.1, 0.15) is 39.5 Å².